The SMILES string of the molecule is C=Cc1c(C)c2cc3[nH]c(cc4nc(cc5nc(cc1[nH]2)C(C)=C5CCC(=O)O)C(CCC(=O)O)=C4C)c(C)c3C=C.CCCCCCOC(=O)CCC(=O)CN.COC(=O)CCC(=O)CN.NCC(=O)CCC(=O)O. The van der Waals surface area contributed by atoms with Crippen LogP contribution < -0.4 is 17.2 Å². The van der Waals surface area contributed by atoms with Gasteiger partial charge in [-0.25, -0.2) is 9.97 Å². The molecule has 2 aliphatic heterocycles. The number of nitrogens with one attached hydrogen (secondary N) is 2. The lowest BCUT2D eigenvalue weighted by molar-refractivity contribution is -0.145. The summed E-state index contributed by atoms with van der Waals surface area (Å²) in [5, 5.41) is 27.0. The number of carbonyl (C=O) groups excluding carboxylic acids is 5. The molecule has 412 valence electrons. The van der Waals surface area contributed by atoms with Gasteiger partial charge in [-0.05, 0) is 105 Å². The third-order valence-electron chi connectivity index (χ3n) is 12.2. The number of carboxylic acids is 3. The molecule has 0 aromatic carbocycles. The molecule has 20 nitrogen and oxygen atoms in total. The molecule has 8 bridgehead atoms. The molecule has 2 aliphatic rings. The molecule has 0 unspecified atom stereocenters. The third kappa shape index (κ3) is 20.9. The molecule has 3 aromatic rings. The van der Waals surface area contributed by atoms with Crippen LogP contribution in [0.3, 0.4) is 0 Å². The van der Waals surface area contributed by atoms with Gasteiger partial charge >= 0.3 is 29.8 Å². The van der Waals surface area contributed by atoms with E-state index in [1.54, 1.807) is 0 Å². The highest BCUT2D eigenvalue weighted by atomic mass is 16.5. The van der Waals surface area contributed by atoms with Gasteiger partial charge in [0.25, 0.3) is 0 Å². The van der Waals surface area contributed by atoms with E-state index in [1.807, 2.05) is 58.0 Å². The maximum atomic E-state index is 11.5. The highest BCUT2D eigenvalue weighted by Gasteiger charge is 2.23. The van der Waals surface area contributed by atoms with Crippen molar-refractivity contribution in [2.45, 2.75) is 125 Å². The van der Waals surface area contributed by atoms with Crippen molar-refractivity contribution < 1.29 is 63.1 Å². The average molecular weight is 1050 g/mol. The number of Topliss-reactive ketones (excluding diaryl/α,β-unsaturated/α-hetero) is 3. The third-order valence-corrected chi connectivity index (χ3v) is 12.2. The minimum atomic E-state index is -0.961. The van der Waals surface area contributed by atoms with E-state index >= 15 is 0 Å². The van der Waals surface area contributed by atoms with Crippen LogP contribution in [0, 0.1) is 13.8 Å². The first-order valence-corrected chi connectivity index (χ1v) is 25.0. The minimum Gasteiger partial charge on any atom is -0.481 e. The van der Waals surface area contributed by atoms with Gasteiger partial charge in [0.1, 0.15) is 17.3 Å². The number of aliphatic carboxylic acids is 3. The normalized spacial score (nSPS) is 11.4. The van der Waals surface area contributed by atoms with Gasteiger partial charge in [-0.3, -0.25) is 38.4 Å². The number of aromatic amines is 2. The maximum absolute atomic E-state index is 11.5. The standard InChI is InChI=1S/C34H34N4O4.C11H21NO3.C6H11NO3.C5H9NO3/c1-7-21-17(3)25-13-26-19(5)23(9-11-33(39)40)31(37-26)16-32-24(10-12-34(41)42)20(6)28(38-32)15-30-22(8-2)18(4)27(36-30)14-29(21)35-25;1-2-3-4-5-8-15-11(14)7-6-10(13)9-12;1-10-6(9)3-2-5(8)4-7;6-3-4(7)1-2-5(8)9/h7-8,13-16,35-36H,1-2,9-12H2,3-6H3,(H,39,40)(H,41,42);2-9,12H2,1H3;2-4,7H2,1H3;1-3,6H2,(H,8,9). The van der Waals surface area contributed by atoms with Crippen molar-refractivity contribution in [3.8, 4) is 0 Å². The average Bonchev–Trinajstić information content (AvgIpc) is 4.06. The number of allylic oxidation sites excluding steroid dienone is 4. The Morgan fingerprint density at radius 2 is 0.947 bits per heavy atom. The van der Waals surface area contributed by atoms with Crippen LogP contribution in [-0.4, -0.2) is 116 Å². The number of methoxy groups -OCH3 is 1. The Morgan fingerprint density at radius 1 is 0.539 bits per heavy atom. The number of ketones is 3. The molecule has 5 rings (SSSR count). The van der Waals surface area contributed by atoms with Gasteiger partial charge < -0.3 is 52.0 Å². The number of aromatic nitrogens is 4. The highest BCUT2D eigenvalue weighted by Crippen LogP contribution is 2.38. The van der Waals surface area contributed by atoms with Crippen LogP contribution >= 0.6 is 0 Å². The smallest absolute Gasteiger partial charge is 0.306 e. The highest BCUT2D eigenvalue weighted by molar-refractivity contribution is 5.97. The van der Waals surface area contributed by atoms with E-state index in [0.717, 1.165) is 90.8 Å². The summed E-state index contributed by atoms with van der Waals surface area (Å²) in [6, 6.07) is 7.88. The van der Waals surface area contributed by atoms with Crippen molar-refractivity contribution >= 4 is 104 Å². The summed E-state index contributed by atoms with van der Waals surface area (Å²) in [6.45, 7) is 18.6. The Kier molecular flexibility index (Phi) is 28.2. The molecule has 76 heavy (non-hydrogen) atoms. The minimum absolute atomic E-state index is 0.00298. The second-order valence-corrected chi connectivity index (χ2v) is 17.7. The molecule has 11 N–H and O–H groups in total. The summed E-state index contributed by atoms with van der Waals surface area (Å²) in [5.41, 5.74) is 28.7. The van der Waals surface area contributed by atoms with Crippen LogP contribution in [-0.2, 0) is 47.8 Å². The monoisotopic (exact) mass is 1050 g/mol. The van der Waals surface area contributed by atoms with Crippen molar-refractivity contribution in [3.05, 3.63) is 82.5 Å². The fourth-order valence-corrected chi connectivity index (χ4v) is 7.69. The van der Waals surface area contributed by atoms with E-state index in [1.165, 1.54) is 20.0 Å². The number of nitrogens with zero attached hydrogens (tertiary/aromatic N) is 2. The molecular formula is C56H75N7O13. The number of hydrogen-bond donors (Lipinski definition) is 8. The summed E-state index contributed by atoms with van der Waals surface area (Å²) in [7, 11) is 1.29. The molecule has 0 aliphatic carbocycles. The Hall–Kier alpha value is -7.68. The molecule has 5 heterocycles. The largest absolute Gasteiger partial charge is 0.481 e. The number of aryl methyl sites for hydroxylation is 2. The number of fused-ring (bicyclic) bond motifs is 8. The molecule has 0 spiro atoms. The lowest BCUT2D eigenvalue weighted by Gasteiger charge is -2.05. The zero-order chi connectivity index (χ0) is 57.1. The lowest BCUT2D eigenvalue weighted by Crippen LogP contribution is -2.15. The van der Waals surface area contributed by atoms with Crippen LogP contribution in [0.2, 0.25) is 0 Å². The summed E-state index contributed by atoms with van der Waals surface area (Å²) in [6.07, 6.45) is 9.13. The molecular weight excluding hydrogens is 979 g/mol. The van der Waals surface area contributed by atoms with Gasteiger partial charge in [0.2, 0.25) is 0 Å². The van der Waals surface area contributed by atoms with E-state index in [4.69, 9.17) is 37.0 Å². The van der Waals surface area contributed by atoms with Crippen LogP contribution in [0.25, 0.3) is 56.5 Å². The number of ether oxygens (including phenoxy) is 2. The second kappa shape index (κ2) is 33.3. The first kappa shape index (κ1) is 64.4. The van der Waals surface area contributed by atoms with Crippen molar-refractivity contribution in [2.24, 2.45) is 17.2 Å². The number of nitrogens with two attached hydrogens (primary N) is 3. The zero-order valence-electron chi connectivity index (χ0n) is 44.7. The molecule has 0 saturated heterocycles. The fraction of sp³-hybridized carbons (Fsp3) is 0.429. The summed E-state index contributed by atoms with van der Waals surface area (Å²) >= 11 is 0. The molecule has 0 fully saturated rings. The Balaban J connectivity index is 0.000000472. The quantitative estimate of drug-likeness (QED) is 0.0293. The van der Waals surface area contributed by atoms with Gasteiger partial charge in [-0.2, -0.15) is 0 Å². The number of unbranched alkanes of at least 4 members (excludes halogenated alkanes) is 3. The van der Waals surface area contributed by atoms with Gasteiger partial charge in [-0.15, -0.1) is 0 Å². The van der Waals surface area contributed by atoms with Crippen molar-refractivity contribution in [2.75, 3.05) is 33.4 Å². The van der Waals surface area contributed by atoms with Crippen molar-refractivity contribution in [3.63, 3.8) is 0 Å². The summed E-state index contributed by atoms with van der Waals surface area (Å²) in [4.78, 5) is 103. The Morgan fingerprint density at radius 3 is 1.36 bits per heavy atom. The number of esters is 2. The number of carbonyl (C=O) groups is 8. The first-order valence-electron chi connectivity index (χ1n) is 25.0. The van der Waals surface area contributed by atoms with Gasteiger partial charge in [-0.1, -0.05) is 51.5 Å². The van der Waals surface area contributed by atoms with Crippen LogP contribution in [0.4, 0.5) is 0 Å². The Labute approximate surface area is 443 Å². The van der Waals surface area contributed by atoms with Crippen molar-refractivity contribution in [1.29, 1.82) is 0 Å². The van der Waals surface area contributed by atoms with Gasteiger partial charge in [0.05, 0.1) is 75.4 Å². The number of H-pyrrole nitrogens is 2. The lowest BCUT2D eigenvalue weighted by atomic mass is 9.98. The van der Waals surface area contributed by atoms with E-state index in [-0.39, 0.29) is 100 Å². The molecule has 0 atom stereocenters. The molecule has 0 amide bonds. The van der Waals surface area contributed by atoms with E-state index < -0.39 is 17.9 Å². The fourth-order valence-electron chi connectivity index (χ4n) is 7.69. The maximum Gasteiger partial charge on any atom is 0.306 e. The topological polar surface area (TPSA) is 351 Å². The zero-order valence-corrected chi connectivity index (χ0v) is 44.7. The predicted molar refractivity (Wildman–Crippen MR) is 294 cm³/mol. The number of hydrogen-bond acceptors (Lipinski definition) is 15. The molecule has 3 aromatic heterocycles. The molecule has 20 heteroatoms. The second-order valence-electron chi connectivity index (χ2n) is 17.7. The predicted octanol–water partition coefficient (Wildman–Crippen LogP) is 8.07. The molecule has 0 saturated carbocycles. The van der Waals surface area contributed by atoms with Crippen molar-refractivity contribution in [1.82, 2.24) is 19.9 Å². The summed E-state index contributed by atoms with van der Waals surface area (Å²) in [5.74, 6) is -3.84. The number of carboxylic acid groups (broad SMARTS) is 3. The van der Waals surface area contributed by atoms with E-state index in [2.05, 4.69) is 40.9 Å². The Bertz CT molecular complexity index is 2840. The van der Waals surface area contributed by atoms with Crippen LogP contribution in [0.15, 0.2) is 37.4 Å². The van der Waals surface area contributed by atoms with Crippen LogP contribution in [0.5, 0.6) is 0 Å². The first-order chi connectivity index (χ1) is 36.1. The van der Waals surface area contributed by atoms with Gasteiger partial charge in [0.15, 0.2) is 0 Å². The number of rotatable bonds is 25. The summed E-state index contributed by atoms with van der Waals surface area (Å²) < 4.78 is 9.26. The van der Waals surface area contributed by atoms with Gasteiger partial charge in [0, 0.05) is 65.3 Å². The molecule has 0 radical (unpaired) electrons. The van der Waals surface area contributed by atoms with E-state index in [9.17, 15) is 48.6 Å². The van der Waals surface area contributed by atoms with Crippen LogP contribution in [0.1, 0.15) is 156 Å². The van der Waals surface area contributed by atoms with E-state index in [0.29, 0.717) is 30.8 Å².